The summed E-state index contributed by atoms with van der Waals surface area (Å²) >= 11 is 0. The maximum atomic E-state index is 6.47. The van der Waals surface area contributed by atoms with Gasteiger partial charge in [-0.15, -0.1) is 0 Å². The first-order valence-corrected chi connectivity index (χ1v) is 6.22. The lowest BCUT2D eigenvalue weighted by Gasteiger charge is -2.43. The van der Waals surface area contributed by atoms with E-state index in [0.717, 1.165) is 11.8 Å². The molecule has 78 valence electrons. The van der Waals surface area contributed by atoms with E-state index in [1.54, 1.807) is 0 Å². The van der Waals surface area contributed by atoms with Gasteiger partial charge >= 0.3 is 0 Å². The second-order valence-corrected chi connectivity index (χ2v) is 5.94. The molecule has 4 aliphatic rings. The van der Waals surface area contributed by atoms with Crippen LogP contribution in [0.3, 0.4) is 0 Å². The highest BCUT2D eigenvalue weighted by atomic mass is 16.5. The summed E-state index contributed by atoms with van der Waals surface area (Å²) in [5.41, 5.74) is 6.90. The van der Waals surface area contributed by atoms with E-state index in [-0.39, 0.29) is 0 Å². The molecule has 0 aromatic carbocycles. The van der Waals surface area contributed by atoms with E-state index in [1.807, 2.05) is 0 Å². The molecule has 4 fully saturated rings. The van der Waals surface area contributed by atoms with Crippen molar-refractivity contribution in [2.45, 2.75) is 56.8 Å². The number of fused-ring (bicyclic) bond motifs is 6. The van der Waals surface area contributed by atoms with Crippen LogP contribution >= 0.6 is 0 Å². The van der Waals surface area contributed by atoms with Crippen molar-refractivity contribution in [3.05, 3.63) is 0 Å². The lowest BCUT2D eigenvalue weighted by molar-refractivity contribution is 0.0185. The average molecular weight is 193 g/mol. The molecule has 14 heavy (non-hydrogen) atoms. The molecule has 4 rings (SSSR count). The highest BCUT2D eigenvalue weighted by molar-refractivity contribution is 5.16. The molecular formula is C12H19NO. The fourth-order valence-electron chi connectivity index (χ4n) is 5.10. The van der Waals surface area contributed by atoms with Crippen molar-refractivity contribution in [2.75, 3.05) is 0 Å². The molecule has 2 aliphatic carbocycles. The number of ether oxygens (including phenoxy) is 1. The van der Waals surface area contributed by atoms with Crippen molar-refractivity contribution in [1.82, 2.24) is 0 Å². The van der Waals surface area contributed by atoms with Crippen LogP contribution in [0.5, 0.6) is 0 Å². The molecule has 2 N–H and O–H groups in total. The molecule has 2 saturated carbocycles. The molecule has 4 bridgehead atoms. The molecular weight excluding hydrogens is 174 g/mol. The van der Waals surface area contributed by atoms with Crippen LogP contribution in [0.4, 0.5) is 0 Å². The van der Waals surface area contributed by atoms with Crippen LogP contribution in [0, 0.1) is 17.3 Å². The number of hydrogen-bond donors (Lipinski definition) is 1. The van der Waals surface area contributed by atoms with E-state index in [9.17, 15) is 0 Å². The zero-order valence-corrected chi connectivity index (χ0v) is 8.61. The number of nitrogens with two attached hydrogens (primary N) is 1. The van der Waals surface area contributed by atoms with Crippen LogP contribution in [0.25, 0.3) is 0 Å². The fourth-order valence-corrected chi connectivity index (χ4v) is 5.10. The first-order valence-electron chi connectivity index (χ1n) is 6.22. The van der Waals surface area contributed by atoms with E-state index >= 15 is 0 Å². The van der Waals surface area contributed by atoms with Crippen molar-refractivity contribution in [2.24, 2.45) is 23.0 Å². The van der Waals surface area contributed by atoms with E-state index in [4.69, 9.17) is 10.5 Å². The third-order valence-electron chi connectivity index (χ3n) is 5.65. The molecule has 2 heterocycles. The van der Waals surface area contributed by atoms with Gasteiger partial charge in [0.1, 0.15) is 0 Å². The van der Waals surface area contributed by atoms with Crippen molar-refractivity contribution >= 4 is 0 Å². The minimum Gasteiger partial charge on any atom is -0.374 e. The first-order chi connectivity index (χ1) is 6.80. The monoisotopic (exact) mass is 193 g/mol. The Bertz CT molecular complexity index is 268. The Balaban J connectivity index is 1.76. The van der Waals surface area contributed by atoms with Gasteiger partial charge in [0.2, 0.25) is 0 Å². The zero-order valence-electron chi connectivity index (χ0n) is 8.61. The standard InChI is InChI=1S/C12H19NO/c13-11-7-1-2-8(5-7)12(11)6-9-3-4-10(12)14-9/h7-11H,1-6,13H2/t7?,8-,9-,10?,11+,12?/m0/s1. The molecule has 0 amide bonds. The topological polar surface area (TPSA) is 35.2 Å². The van der Waals surface area contributed by atoms with E-state index < -0.39 is 0 Å². The highest BCUT2D eigenvalue weighted by Gasteiger charge is 2.65. The molecule has 6 atom stereocenters. The minimum atomic E-state index is 0.436. The molecule has 0 radical (unpaired) electrons. The summed E-state index contributed by atoms with van der Waals surface area (Å²) in [7, 11) is 0. The predicted molar refractivity (Wildman–Crippen MR) is 53.8 cm³/mol. The predicted octanol–water partition coefficient (Wildman–Crippen LogP) is 1.68. The van der Waals surface area contributed by atoms with Gasteiger partial charge in [0.15, 0.2) is 0 Å². The fraction of sp³-hybridized carbons (Fsp3) is 1.00. The Hall–Kier alpha value is -0.0800. The van der Waals surface area contributed by atoms with E-state index in [1.165, 1.54) is 38.5 Å². The Morgan fingerprint density at radius 2 is 2.07 bits per heavy atom. The highest BCUT2D eigenvalue weighted by Crippen LogP contribution is 2.65. The summed E-state index contributed by atoms with van der Waals surface area (Å²) in [6.07, 6.45) is 9.24. The van der Waals surface area contributed by atoms with Crippen LogP contribution in [-0.4, -0.2) is 18.2 Å². The van der Waals surface area contributed by atoms with Gasteiger partial charge in [-0.3, -0.25) is 0 Å². The molecule has 0 aromatic heterocycles. The molecule has 2 aliphatic heterocycles. The van der Waals surface area contributed by atoms with Crippen molar-refractivity contribution < 1.29 is 4.74 Å². The molecule has 1 spiro atoms. The summed E-state index contributed by atoms with van der Waals surface area (Å²) in [5, 5.41) is 0. The van der Waals surface area contributed by atoms with Crippen molar-refractivity contribution in [3.8, 4) is 0 Å². The van der Waals surface area contributed by atoms with Gasteiger partial charge in [-0.05, 0) is 50.4 Å². The van der Waals surface area contributed by atoms with Gasteiger partial charge in [0.25, 0.3) is 0 Å². The second kappa shape index (κ2) is 2.35. The Morgan fingerprint density at radius 1 is 1.14 bits per heavy atom. The molecule has 2 saturated heterocycles. The zero-order chi connectivity index (χ0) is 9.34. The summed E-state index contributed by atoms with van der Waals surface area (Å²) in [4.78, 5) is 0. The van der Waals surface area contributed by atoms with Crippen molar-refractivity contribution in [1.29, 1.82) is 0 Å². The Morgan fingerprint density at radius 3 is 2.64 bits per heavy atom. The smallest absolute Gasteiger partial charge is 0.0654 e. The summed E-state index contributed by atoms with van der Waals surface area (Å²) < 4.78 is 6.05. The van der Waals surface area contributed by atoms with E-state index in [2.05, 4.69) is 0 Å². The van der Waals surface area contributed by atoms with Crippen molar-refractivity contribution in [3.63, 3.8) is 0 Å². The van der Waals surface area contributed by atoms with Crippen LogP contribution in [-0.2, 0) is 4.74 Å². The number of hydrogen-bond acceptors (Lipinski definition) is 2. The largest absolute Gasteiger partial charge is 0.374 e. The molecule has 0 aromatic rings. The lowest BCUT2D eigenvalue weighted by Crippen LogP contribution is -2.51. The summed E-state index contributed by atoms with van der Waals surface area (Å²) in [6.45, 7) is 0. The Kier molecular flexibility index (Phi) is 1.37. The molecule has 2 nitrogen and oxygen atoms in total. The first kappa shape index (κ1) is 8.12. The van der Waals surface area contributed by atoms with Gasteiger partial charge in [-0.25, -0.2) is 0 Å². The van der Waals surface area contributed by atoms with Gasteiger partial charge in [-0.2, -0.15) is 0 Å². The SMILES string of the molecule is N[C@@H]1C2CC[C@@H](C2)C12C[C@@H]1CCC2O1. The maximum Gasteiger partial charge on any atom is 0.0654 e. The summed E-state index contributed by atoms with van der Waals surface area (Å²) in [5.74, 6) is 1.75. The normalized spacial score (nSPS) is 64.5. The number of rotatable bonds is 0. The minimum absolute atomic E-state index is 0.436. The van der Waals surface area contributed by atoms with E-state index in [0.29, 0.717) is 23.7 Å². The van der Waals surface area contributed by atoms with Crippen LogP contribution < -0.4 is 5.73 Å². The van der Waals surface area contributed by atoms with Gasteiger partial charge < -0.3 is 10.5 Å². The quantitative estimate of drug-likeness (QED) is 0.635. The van der Waals surface area contributed by atoms with Crippen LogP contribution in [0.15, 0.2) is 0 Å². The average Bonchev–Trinajstić information content (AvgIpc) is 2.91. The third-order valence-corrected chi connectivity index (χ3v) is 5.65. The van der Waals surface area contributed by atoms with Gasteiger partial charge in [-0.1, -0.05) is 0 Å². The van der Waals surface area contributed by atoms with Gasteiger partial charge in [0, 0.05) is 11.5 Å². The lowest BCUT2D eigenvalue weighted by atomic mass is 9.62. The third kappa shape index (κ3) is 0.704. The molecule has 3 unspecified atom stereocenters. The maximum absolute atomic E-state index is 6.47. The Labute approximate surface area is 85.2 Å². The van der Waals surface area contributed by atoms with Crippen LogP contribution in [0.2, 0.25) is 0 Å². The van der Waals surface area contributed by atoms with Crippen LogP contribution in [0.1, 0.15) is 38.5 Å². The second-order valence-electron chi connectivity index (χ2n) is 5.94. The molecule has 2 heteroatoms. The van der Waals surface area contributed by atoms with Gasteiger partial charge in [0.05, 0.1) is 12.2 Å². The summed E-state index contributed by atoms with van der Waals surface area (Å²) in [6, 6.07) is 0.469.